The largest absolute Gasteiger partial charge is 0.341 e. The molecule has 0 aliphatic carbocycles. The predicted molar refractivity (Wildman–Crippen MR) is 113 cm³/mol. The van der Waals surface area contributed by atoms with E-state index in [1.807, 2.05) is 12.1 Å². The zero-order valence-electron chi connectivity index (χ0n) is 16.9. The third-order valence-electron chi connectivity index (χ3n) is 5.88. The van der Waals surface area contributed by atoms with Gasteiger partial charge in [0.1, 0.15) is 5.82 Å². The van der Waals surface area contributed by atoms with Crippen LogP contribution in [0.3, 0.4) is 0 Å². The minimum absolute atomic E-state index is 0.0782. The zero-order chi connectivity index (χ0) is 19.7. The highest BCUT2D eigenvalue weighted by Crippen LogP contribution is 2.23. The molecule has 28 heavy (non-hydrogen) atoms. The number of hydrogen-bond donors (Lipinski definition) is 2. The summed E-state index contributed by atoms with van der Waals surface area (Å²) in [6.45, 7) is 8.86. The molecule has 2 N–H and O–H groups in total. The summed E-state index contributed by atoms with van der Waals surface area (Å²) >= 11 is 0. The third-order valence-corrected chi connectivity index (χ3v) is 5.88. The van der Waals surface area contributed by atoms with Crippen molar-refractivity contribution in [2.75, 3.05) is 18.4 Å². The molecular formula is C23H28N4O. The number of carbonyl (C=O) groups excluding carboxylic acids is 1. The monoisotopic (exact) mass is 376 g/mol. The van der Waals surface area contributed by atoms with Crippen molar-refractivity contribution < 1.29 is 4.79 Å². The number of imidazole rings is 1. The van der Waals surface area contributed by atoms with Crippen LogP contribution in [0.1, 0.15) is 35.4 Å². The van der Waals surface area contributed by atoms with Gasteiger partial charge in [0, 0.05) is 11.6 Å². The van der Waals surface area contributed by atoms with E-state index in [1.165, 1.54) is 11.1 Å². The number of benzene rings is 2. The molecule has 146 valence electrons. The SMILES string of the molecule is Cc1ccc2nc(CN3CCC(C(=O)Nc4cccc(C)c4C)CC3)[nH]c2c1. The maximum absolute atomic E-state index is 12.7. The maximum Gasteiger partial charge on any atom is 0.227 e. The predicted octanol–water partition coefficient (Wildman–Crippen LogP) is 4.34. The highest BCUT2D eigenvalue weighted by molar-refractivity contribution is 5.93. The van der Waals surface area contributed by atoms with Crippen LogP contribution in [0.5, 0.6) is 0 Å². The molecule has 2 aromatic carbocycles. The molecule has 3 aromatic rings. The number of H-pyrrole nitrogens is 1. The summed E-state index contributed by atoms with van der Waals surface area (Å²) in [6, 6.07) is 12.3. The van der Waals surface area contributed by atoms with Gasteiger partial charge >= 0.3 is 0 Å². The molecule has 5 heteroatoms. The van der Waals surface area contributed by atoms with E-state index in [0.29, 0.717) is 0 Å². The van der Waals surface area contributed by atoms with Crippen molar-refractivity contribution in [3.05, 3.63) is 58.9 Å². The molecule has 1 aromatic heterocycles. The quantitative estimate of drug-likeness (QED) is 0.712. The Morgan fingerprint density at radius 1 is 1.18 bits per heavy atom. The van der Waals surface area contributed by atoms with Gasteiger partial charge in [-0.15, -0.1) is 0 Å². The summed E-state index contributed by atoms with van der Waals surface area (Å²) < 4.78 is 0. The molecule has 0 spiro atoms. The lowest BCUT2D eigenvalue weighted by atomic mass is 9.95. The van der Waals surface area contributed by atoms with E-state index < -0.39 is 0 Å². The van der Waals surface area contributed by atoms with Crippen LogP contribution >= 0.6 is 0 Å². The minimum Gasteiger partial charge on any atom is -0.341 e. The number of aromatic amines is 1. The Morgan fingerprint density at radius 3 is 2.75 bits per heavy atom. The number of aromatic nitrogens is 2. The fourth-order valence-corrected chi connectivity index (χ4v) is 3.94. The number of nitrogens with one attached hydrogen (secondary N) is 2. The van der Waals surface area contributed by atoms with Crippen LogP contribution in [-0.4, -0.2) is 33.9 Å². The Bertz CT molecular complexity index is 999. The van der Waals surface area contributed by atoms with Crippen LogP contribution in [0.15, 0.2) is 36.4 Å². The van der Waals surface area contributed by atoms with E-state index in [4.69, 9.17) is 4.98 Å². The number of fused-ring (bicyclic) bond motifs is 1. The number of hydrogen-bond acceptors (Lipinski definition) is 3. The Kier molecular flexibility index (Phi) is 5.18. The first-order valence-electron chi connectivity index (χ1n) is 10.0. The lowest BCUT2D eigenvalue weighted by molar-refractivity contribution is -0.121. The highest BCUT2D eigenvalue weighted by Gasteiger charge is 2.25. The summed E-state index contributed by atoms with van der Waals surface area (Å²) in [6.07, 6.45) is 1.77. The standard InChI is InChI=1S/C23H28N4O/c1-15-7-8-20-21(13-15)25-22(24-20)14-27-11-9-18(10-12-27)23(28)26-19-6-4-5-16(2)17(19)3/h4-8,13,18H,9-12,14H2,1-3H3,(H,24,25)(H,26,28). The average Bonchev–Trinajstić information content (AvgIpc) is 3.07. The summed E-state index contributed by atoms with van der Waals surface area (Å²) in [7, 11) is 0. The van der Waals surface area contributed by atoms with Crippen LogP contribution in [-0.2, 0) is 11.3 Å². The first kappa shape index (κ1) is 18.7. The van der Waals surface area contributed by atoms with Crippen molar-refractivity contribution in [3.8, 4) is 0 Å². The van der Waals surface area contributed by atoms with Crippen LogP contribution in [0, 0.1) is 26.7 Å². The lowest BCUT2D eigenvalue weighted by Crippen LogP contribution is -2.38. The molecule has 1 fully saturated rings. The second-order valence-electron chi connectivity index (χ2n) is 7.99. The number of carbonyl (C=O) groups is 1. The van der Waals surface area contributed by atoms with Crippen molar-refractivity contribution in [2.45, 2.75) is 40.2 Å². The van der Waals surface area contributed by atoms with Gasteiger partial charge in [-0.25, -0.2) is 4.98 Å². The molecule has 5 nitrogen and oxygen atoms in total. The normalized spacial score (nSPS) is 15.8. The van der Waals surface area contributed by atoms with Gasteiger partial charge in [0.25, 0.3) is 0 Å². The van der Waals surface area contributed by atoms with Crippen LogP contribution < -0.4 is 5.32 Å². The Balaban J connectivity index is 1.33. The van der Waals surface area contributed by atoms with Crippen molar-refractivity contribution in [3.63, 3.8) is 0 Å². The van der Waals surface area contributed by atoms with Crippen molar-refractivity contribution >= 4 is 22.6 Å². The molecule has 1 aliphatic heterocycles. The second kappa shape index (κ2) is 7.76. The van der Waals surface area contributed by atoms with Gasteiger partial charge in [-0.1, -0.05) is 18.2 Å². The molecule has 4 rings (SSSR count). The zero-order valence-corrected chi connectivity index (χ0v) is 16.9. The number of nitrogens with zero attached hydrogens (tertiary/aromatic N) is 2. The number of rotatable bonds is 4. The molecule has 0 atom stereocenters. The van der Waals surface area contributed by atoms with E-state index in [2.05, 4.69) is 60.2 Å². The Labute approximate surface area is 166 Å². The van der Waals surface area contributed by atoms with Crippen LogP contribution in [0.4, 0.5) is 5.69 Å². The average molecular weight is 377 g/mol. The molecule has 1 aliphatic rings. The topological polar surface area (TPSA) is 61.0 Å². The molecular weight excluding hydrogens is 348 g/mol. The molecule has 0 bridgehead atoms. The van der Waals surface area contributed by atoms with Gasteiger partial charge in [-0.3, -0.25) is 9.69 Å². The van der Waals surface area contributed by atoms with Gasteiger partial charge in [0.05, 0.1) is 17.6 Å². The summed E-state index contributed by atoms with van der Waals surface area (Å²) in [5, 5.41) is 3.13. The molecule has 0 saturated carbocycles. The fraction of sp³-hybridized carbons (Fsp3) is 0.391. The molecule has 0 radical (unpaired) electrons. The fourth-order valence-electron chi connectivity index (χ4n) is 3.94. The first-order chi connectivity index (χ1) is 13.5. The van der Waals surface area contributed by atoms with E-state index in [0.717, 1.165) is 60.6 Å². The Morgan fingerprint density at radius 2 is 1.96 bits per heavy atom. The van der Waals surface area contributed by atoms with E-state index in [9.17, 15) is 4.79 Å². The van der Waals surface area contributed by atoms with Gasteiger partial charge in [-0.2, -0.15) is 0 Å². The lowest BCUT2D eigenvalue weighted by Gasteiger charge is -2.30. The number of amides is 1. The van der Waals surface area contributed by atoms with Crippen LogP contribution in [0.25, 0.3) is 11.0 Å². The van der Waals surface area contributed by atoms with E-state index in [1.54, 1.807) is 0 Å². The smallest absolute Gasteiger partial charge is 0.227 e. The third kappa shape index (κ3) is 3.94. The van der Waals surface area contributed by atoms with Gasteiger partial charge < -0.3 is 10.3 Å². The number of aryl methyl sites for hydroxylation is 2. The summed E-state index contributed by atoms with van der Waals surface area (Å²) in [4.78, 5) is 23.2. The summed E-state index contributed by atoms with van der Waals surface area (Å²) in [5.74, 6) is 1.22. The van der Waals surface area contributed by atoms with E-state index >= 15 is 0 Å². The molecule has 1 amide bonds. The number of piperidine rings is 1. The maximum atomic E-state index is 12.7. The van der Waals surface area contributed by atoms with Crippen molar-refractivity contribution in [1.82, 2.24) is 14.9 Å². The Hall–Kier alpha value is -2.66. The molecule has 1 saturated heterocycles. The van der Waals surface area contributed by atoms with Gasteiger partial charge in [0.2, 0.25) is 5.91 Å². The van der Waals surface area contributed by atoms with Gasteiger partial charge in [-0.05, 0) is 81.6 Å². The number of anilines is 1. The number of likely N-dealkylation sites (tertiary alicyclic amines) is 1. The summed E-state index contributed by atoms with van der Waals surface area (Å²) in [5.41, 5.74) is 6.63. The van der Waals surface area contributed by atoms with E-state index in [-0.39, 0.29) is 11.8 Å². The minimum atomic E-state index is 0.0782. The highest BCUT2D eigenvalue weighted by atomic mass is 16.1. The van der Waals surface area contributed by atoms with Crippen molar-refractivity contribution in [1.29, 1.82) is 0 Å². The first-order valence-corrected chi connectivity index (χ1v) is 10.0. The van der Waals surface area contributed by atoms with Crippen molar-refractivity contribution in [2.24, 2.45) is 5.92 Å². The second-order valence-corrected chi connectivity index (χ2v) is 7.99. The molecule has 0 unspecified atom stereocenters. The van der Waals surface area contributed by atoms with Gasteiger partial charge in [0.15, 0.2) is 0 Å². The van der Waals surface area contributed by atoms with Crippen LogP contribution in [0.2, 0.25) is 0 Å². The molecule has 2 heterocycles.